The highest BCUT2D eigenvalue weighted by molar-refractivity contribution is 7.90. The van der Waals surface area contributed by atoms with Gasteiger partial charge >= 0.3 is 0 Å². The zero-order valence-electron chi connectivity index (χ0n) is 13.1. The van der Waals surface area contributed by atoms with Crippen molar-refractivity contribution < 1.29 is 13.5 Å². The molecule has 4 nitrogen and oxygen atoms in total. The molecule has 0 amide bonds. The lowest BCUT2D eigenvalue weighted by Crippen LogP contribution is -2.40. The standard InChI is InChI=1S/C13H29NO3SSi/c1-11(10-19(5,6)7)12(15)8-9-14-18(16,17)13(2,3)4/h12,14-15H,1,8-10H2,2-7H3. The fraction of sp³-hybridized carbons (Fsp3) is 0.846. The normalized spacial score (nSPS) is 15.3. The molecule has 0 aliphatic rings. The average molecular weight is 308 g/mol. The zero-order chi connectivity index (χ0) is 15.5. The van der Waals surface area contributed by atoms with Crippen LogP contribution in [0.4, 0.5) is 0 Å². The van der Waals surface area contributed by atoms with Gasteiger partial charge in [0, 0.05) is 14.6 Å². The topological polar surface area (TPSA) is 66.4 Å². The average Bonchev–Trinajstić information content (AvgIpc) is 2.12. The van der Waals surface area contributed by atoms with Crippen LogP contribution in [-0.4, -0.2) is 39.0 Å². The predicted octanol–water partition coefficient (Wildman–Crippen LogP) is 2.35. The lowest BCUT2D eigenvalue weighted by atomic mass is 10.1. The van der Waals surface area contributed by atoms with Gasteiger partial charge in [-0.1, -0.05) is 31.8 Å². The van der Waals surface area contributed by atoms with Gasteiger partial charge in [-0.3, -0.25) is 0 Å². The summed E-state index contributed by atoms with van der Waals surface area (Å²) in [6.45, 7) is 15.7. The molecule has 0 fully saturated rings. The van der Waals surface area contributed by atoms with Gasteiger partial charge in [0.2, 0.25) is 10.0 Å². The minimum atomic E-state index is -3.34. The van der Waals surface area contributed by atoms with E-state index >= 15 is 0 Å². The Morgan fingerprint density at radius 2 is 1.79 bits per heavy atom. The maximum atomic E-state index is 11.8. The van der Waals surface area contributed by atoms with Gasteiger partial charge in [-0.15, -0.1) is 0 Å². The van der Waals surface area contributed by atoms with Crippen LogP contribution in [0.1, 0.15) is 27.2 Å². The molecule has 0 spiro atoms. The molecule has 0 bridgehead atoms. The number of hydrogen-bond donors (Lipinski definition) is 2. The Kier molecular flexibility index (Phi) is 6.46. The van der Waals surface area contributed by atoms with Gasteiger partial charge in [0.25, 0.3) is 0 Å². The number of aliphatic hydroxyl groups excluding tert-OH is 1. The third-order valence-electron chi connectivity index (χ3n) is 2.74. The van der Waals surface area contributed by atoms with E-state index in [4.69, 9.17) is 0 Å². The minimum absolute atomic E-state index is 0.242. The van der Waals surface area contributed by atoms with E-state index in [1.165, 1.54) is 0 Å². The second-order valence-corrected chi connectivity index (χ2v) is 15.2. The van der Waals surface area contributed by atoms with E-state index < -0.39 is 28.9 Å². The molecule has 1 atom stereocenters. The molecule has 0 heterocycles. The molecule has 19 heavy (non-hydrogen) atoms. The number of aliphatic hydroxyl groups is 1. The van der Waals surface area contributed by atoms with E-state index in [0.717, 1.165) is 11.6 Å². The van der Waals surface area contributed by atoms with Crippen molar-refractivity contribution in [2.24, 2.45) is 0 Å². The Hall–Kier alpha value is -0.173. The number of rotatable bonds is 7. The summed E-state index contributed by atoms with van der Waals surface area (Å²) in [4.78, 5) is 0. The molecule has 0 saturated heterocycles. The van der Waals surface area contributed by atoms with Crippen LogP contribution in [0.15, 0.2) is 12.2 Å². The Balaban J connectivity index is 4.27. The fourth-order valence-corrected chi connectivity index (χ4v) is 3.97. The highest BCUT2D eigenvalue weighted by Crippen LogP contribution is 2.19. The van der Waals surface area contributed by atoms with Crippen molar-refractivity contribution in [1.82, 2.24) is 4.72 Å². The van der Waals surface area contributed by atoms with Gasteiger partial charge in [0.05, 0.1) is 10.9 Å². The first kappa shape index (κ1) is 18.8. The Labute approximate surface area is 119 Å². The summed E-state index contributed by atoms with van der Waals surface area (Å²) in [5.74, 6) is 0. The molecule has 0 aromatic carbocycles. The van der Waals surface area contributed by atoms with Crippen molar-refractivity contribution in [2.45, 2.75) is 63.7 Å². The summed E-state index contributed by atoms with van der Waals surface area (Å²) in [5.41, 5.74) is 0.814. The van der Waals surface area contributed by atoms with E-state index in [2.05, 4.69) is 30.9 Å². The molecule has 2 N–H and O–H groups in total. The molecule has 0 aromatic rings. The second-order valence-electron chi connectivity index (χ2n) is 7.21. The number of nitrogens with one attached hydrogen (secondary N) is 1. The smallest absolute Gasteiger partial charge is 0.216 e. The lowest BCUT2D eigenvalue weighted by molar-refractivity contribution is 0.202. The minimum Gasteiger partial charge on any atom is -0.389 e. The van der Waals surface area contributed by atoms with Gasteiger partial charge in [-0.25, -0.2) is 13.1 Å². The molecule has 0 saturated carbocycles. The summed E-state index contributed by atoms with van der Waals surface area (Å²) in [6.07, 6.45) is -0.257. The van der Waals surface area contributed by atoms with Crippen molar-refractivity contribution in [2.75, 3.05) is 6.54 Å². The summed E-state index contributed by atoms with van der Waals surface area (Å²) < 4.78 is 25.4. The molecule has 0 rings (SSSR count). The van der Waals surface area contributed by atoms with Crippen LogP contribution in [0.25, 0.3) is 0 Å². The summed E-state index contributed by atoms with van der Waals surface area (Å²) in [7, 11) is -4.62. The number of hydrogen-bond acceptors (Lipinski definition) is 3. The molecule has 0 aliphatic carbocycles. The van der Waals surface area contributed by atoms with Crippen LogP contribution in [0.5, 0.6) is 0 Å². The first-order chi connectivity index (χ1) is 8.26. The first-order valence-corrected chi connectivity index (χ1v) is 11.8. The maximum Gasteiger partial charge on any atom is 0.216 e. The van der Waals surface area contributed by atoms with Crippen molar-refractivity contribution in [3.8, 4) is 0 Å². The summed E-state index contributed by atoms with van der Waals surface area (Å²) in [5, 5.41) is 9.97. The molecule has 0 aromatic heterocycles. The molecule has 114 valence electrons. The number of sulfonamides is 1. The van der Waals surface area contributed by atoms with E-state index in [0.29, 0.717) is 6.42 Å². The second kappa shape index (κ2) is 6.52. The fourth-order valence-electron chi connectivity index (χ4n) is 1.55. The molecule has 6 heteroatoms. The molecule has 0 aliphatic heterocycles. The molecular weight excluding hydrogens is 278 g/mol. The lowest BCUT2D eigenvalue weighted by Gasteiger charge is -2.23. The summed E-state index contributed by atoms with van der Waals surface area (Å²) in [6, 6.07) is 0.861. The van der Waals surface area contributed by atoms with Crippen LogP contribution in [-0.2, 0) is 10.0 Å². The van der Waals surface area contributed by atoms with Crippen molar-refractivity contribution in [3.63, 3.8) is 0 Å². The molecular formula is C13H29NO3SSi. The van der Waals surface area contributed by atoms with Gasteiger partial charge in [-0.2, -0.15) is 0 Å². The zero-order valence-corrected chi connectivity index (χ0v) is 14.9. The third-order valence-corrected chi connectivity index (χ3v) is 6.46. The Morgan fingerprint density at radius 1 is 1.32 bits per heavy atom. The van der Waals surface area contributed by atoms with Crippen molar-refractivity contribution in [3.05, 3.63) is 12.2 Å². The highest BCUT2D eigenvalue weighted by atomic mass is 32.2. The van der Waals surface area contributed by atoms with Crippen molar-refractivity contribution in [1.29, 1.82) is 0 Å². The van der Waals surface area contributed by atoms with Crippen LogP contribution in [0.3, 0.4) is 0 Å². The van der Waals surface area contributed by atoms with Crippen molar-refractivity contribution >= 4 is 18.1 Å². The van der Waals surface area contributed by atoms with Gasteiger partial charge in [-0.05, 0) is 33.2 Å². The van der Waals surface area contributed by atoms with E-state index in [-0.39, 0.29) is 6.54 Å². The maximum absolute atomic E-state index is 11.8. The Bertz CT molecular complexity index is 405. The first-order valence-electron chi connectivity index (χ1n) is 6.61. The molecule has 1 unspecified atom stereocenters. The highest BCUT2D eigenvalue weighted by Gasteiger charge is 2.28. The SMILES string of the molecule is C=C(C[Si](C)(C)C)C(O)CCNS(=O)(=O)C(C)(C)C. The van der Waals surface area contributed by atoms with Crippen LogP contribution < -0.4 is 4.72 Å². The monoisotopic (exact) mass is 307 g/mol. The van der Waals surface area contributed by atoms with Crippen LogP contribution in [0, 0.1) is 0 Å². The predicted molar refractivity (Wildman–Crippen MR) is 84.6 cm³/mol. The summed E-state index contributed by atoms with van der Waals surface area (Å²) >= 11 is 0. The largest absolute Gasteiger partial charge is 0.389 e. The van der Waals surface area contributed by atoms with Gasteiger partial charge in [0.1, 0.15) is 0 Å². The quantitative estimate of drug-likeness (QED) is 0.560. The third kappa shape index (κ3) is 7.24. The van der Waals surface area contributed by atoms with Crippen LogP contribution >= 0.6 is 0 Å². The van der Waals surface area contributed by atoms with E-state index in [1.54, 1.807) is 20.8 Å². The Morgan fingerprint density at radius 3 is 2.16 bits per heavy atom. The molecule has 0 radical (unpaired) electrons. The van der Waals surface area contributed by atoms with E-state index in [1.807, 2.05) is 0 Å². The van der Waals surface area contributed by atoms with Gasteiger partial charge < -0.3 is 5.11 Å². The van der Waals surface area contributed by atoms with Gasteiger partial charge in [0.15, 0.2) is 0 Å². The van der Waals surface area contributed by atoms with E-state index in [9.17, 15) is 13.5 Å². The van der Waals surface area contributed by atoms with Crippen LogP contribution in [0.2, 0.25) is 25.7 Å².